The Morgan fingerprint density at radius 1 is 1.10 bits per heavy atom. The van der Waals surface area contributed by atoms with Crippen molar-refractivity contribution in [3.8, 4) is 17.1 Å². The lowest BCUT2D eigenvalue weighted by molar-refractivity contribution is 0.385. The molecule has 0 aliphatic heterocycles. The molecule has 0 radical (unpaired) electrons. The maximum atomic E-state index is 12.4. The Hall–Kier alpha value is -3.48. The molecule has 4 rings (SSSR count). The van der Waals surface area contributed by atoms with Gasteiger partial charge in [-0.05, 0) is 49.2 Å². The molecule has 0 spiro atoms. The van der Waals surface area contributed by atoms with Gasteiger partial charge in [-0.15, -0.1) is 0 Å². The summed E-state index contributed by atoms with van der Waals surface area (Å²) in [6, 6.07) is 13.4. The molecular formula is C22H22N4O3. The third kappa shape index (κ3) is 3.76. The van der Waals surface area contributed by atoms with Crippen molar-refractivity contribution in [2.24, 2.45) is 0 Å². The molecular weight excluding hydrogens is 368 g/mol. The van der Waals surface area contributed by atoms with Crippen LogP contribution < -0.4 is 10.3 Å². The van der Waals surface area contributed by atoms with Crippen molar-refractivity contribution < 1.29 is 9.26 Å². The van der Waals surface area contributed by atoms with E-state index in [1.54, 1.807) is 18.6 Å². The topological polar surface area (TPSA) is 83.0 Å². The Morgan fingerprint density at radius 3 is 2.62 bits per heavy atom. The summed E-state index contributed by atoms with van der Waals surface area (Å²) in [6.07, 6.45) is 1.41. The molecule has 2 heterocycles. The maximum Gasteiger partial charge on any atom is 0.272 e. The van der Waals surface area contributed by atoms with Crippen LogP contribution in [0.4, 0.5) is 0 Å². The summed E-state index contributed by atoms with van der Waals surface area (Å²) in [6.45, 7) is 4.44. The number of fused-ring (bicyclic) bond motifs is 1. The molecule has 0 aliphatic rings. The number of hydrogen-bond donors (Lipinski definition) is 0. The standard InChI is InChI=1S/C22H22N4O3/c1-4-11-26-19-10-7-16(13-18(19)23-14(2)22(26)27)21-24-20(29-25-21)12-15-5-8-17(28-3)9-6-15/h5-10,13H,4,11-12H2,1-3H3. The van der Waals surface area contributed by atoms with Crippen LogP contribution in [0.25, 0.3) is 22.4 Å². The van der Waals surface area contributed by atoms with E-state index in [1.807, 2.05) is 49.4 Å². The van der Waals surface area contributed by atoms with Crippen molar-refractivity contribution >= 4 is 11.0 Å². The second-order valence-corrected chi connectivity index (χ2v) is 6.89. The van der Waals surface area contributed by atoms with Crippen molar-refractivity contribution in [3.05, 3.63) is 70.0 Å². The lowest BCUT2D eigenvalue weighted by atomic mass is 10.1. The highest BCUT2D eigenvalue weighted by Gasteiger charge is 2.13. The van der Waals surface area contributed by atoms with E-state index >= 15 is 0 Å². The Labute approximate surface area is 168 Å². The summed E-state index contributed by atoms with van der Waals surface area (Å²) >= 11 is 0. The van der Waals surface area contributed by atoms with Crippen LogP contribution in [-0.4, -0.2) is 26.8 Å². The third-order valence-electron chi connectivity index (χ3n) is 4.80. The predicted molar refractivity (Wildman–Crippen MR) is 110 cm³/mol. The zero-order chi connectivity index (χ0) is 20.4. The summed E-state index contributed by atoms with van der Waals surface area (Å²) in [5.74, 6) is 1.84. The van der Waals surface area contributed by atoms with Gasteiger partial charge in [0.2, 0.25) is 11.7 Å². The van der Waals surface area contributed by atoms with Crippen LogP contribution >= 0.6 is 0 Å². The first-order chi connectivity index (χ1) is 14.1. The molecule has 0 atom stereocenters. The van der Waals surface area contributed by atoms with E-state index in [2.05, 4.69) is 15.1 Å². The molecule has 0 fully saturated rings. The number of ether oxygens (including phenoxy) is 1. The van der Waals surface area contributed by atoms with Gasteiger partial charge in [-0.2, -0.15) is 4.98 Å². The fourth-order valence-corrected chi connectivity index (χ4v) is 3.32. The lowest BCUT2D eigenvalue weighted by Gasteiger charge is -2.10. The van der Waals surface area contributed by atoms with Gasteiger partial charge in [0.15, 0.2) is 0 Å². The molecule has 0 N–H and O–H groups in total. The number of methoxy groups -OCH3 is 1. The Bertz CT molecular complexity index is 1210. The highest BCUT2D eigenvalue weighted by molar-refractivity contribution is 5.80. The van der Waals surface area contributed by atoms with Gasteiger partial charge in [-0.3, -0.25) is 4.79 Å². The van der Waals surface area contributed by atoms with Crippen molar-refractivity contribution in [3.63, 3.8) is 0 Å². The predicted octanol–water partition coefficient (Wildman–Crippen LogP) is 3.76. The minimum atomic E-state index is -0.0477. The molecule has 4 aromatic rings. The van der Waals surface area contributed by atoms with Gasteiger partial charge in [0.05, 0.1) is 24.6 Å². The van der Waals surface area contributed by atoms with E-state index in [4.69, 9.17) is 9.26 Å². The molecule has 7 heteroatoms. The fourth-order valence-electron chi connectivity index (χ4n) is 3.32. The summed E-state index contributed by atoms with van der Waals surface area (Å²) in [4.78, 5) is 21.4. The van der Waals surface area contributed by atoms with Crippen LogP contribution in [0.3, 0.4) is 0 Å². The fraction of sp³-hybridized carbons (Fsp3) is 0.273. The van der Waals surface area contributed by atoms with Crippen LogP contribution in [0.5, 0.6) is 5.75 Å². The van der Waals surface area contributed by atoms with E-state index in [1.165, 1.54) is 0 Å². The second-order valence-electron chi connectivity index (χ2n) is 6.89. The van der Waals surface area contributed by atoms with Crippen molar-refractivity contribution in [1.82, 2.24) is 19.7 Å². The smallest absolute Gasteiger partial charge is 0.272 e. The van der Waals surface area contributed by atoms with Crippen LogP contribution in [0.1, 0.15) is 30.5 Å². The summed E-state index contributed by atoms with van der Waals surface area (Å²) in [5, 5.41) is 4.11. The van der Waals surface area contributed by atoms with E-state index in [9.17, 15) is 4.79 Å². The van der Waals surface area contributed by atoms with Gasteiger partial charge in [0, 0.05) is 12.1 Å². The van der Waals surface area contributed by atoms with Crippen LogP contribution in [0, 0.1) is 6.92 Å². The zero-order valence-electron chi connectivity index (χ0n) is 16.7. The molecule has 2 aromatic carbocycles. The summed E-state index contributed by atoms with van der Waals surface area (Å²) in [5.41, 5.74) is 3.85. The largest absolute Gasteiger partial charge is 0.497 e. The normalized spacial score (nSPS) is 11.1. The average molecular weight is 390 g/mol. The minimum Gasteiger partial charge on any atom is -0.497 e. The molecule has 7 nitrogen and oxygen atoms in total. The molecule has 0 amide bonds. The SMILES string of the molecule is CCCn1c(=O)c(C)nc2cc(-c3noc(Cc4ccc(OC)cc4)n3)ccc21. The van der Waals surface area contributed by atoms with Crippen LogP contribution in [0.15, 0.2) is 51.8 Å². The third-order valence-corrected chi connectivity index (χ3v) is 4.80. The molecule has 0 aliphatic carbocycles. The monoisotopic (exact) mass is 390 g/mol. The van der Waals surface area contributed by atoms with Gasteiger partial charge in [0.1, 0.15) is 11.4 Å². The first-order valence-electron chi connectivity index (χ1n) is 9.56. The quantitative estimate of drug-likeness (QED) is 0.498. The molecule has 0 saturated heterocycles. The number of hydrogen-bond acceptors (Lipinski definition) is 6. The van der Waals surface area contributed by atoms with Gasteiger partial charge in [-0.1, -0.05) is 24.2 Å². The van der Waals surface area contributed by atoms with Gasteiger partial charge in [-0.25, -0.2) is 4.98 Å². The average Bonchev–Trinajstić information content (AvgIpc) is 3.20. The minimum absolute atomic E-state index is 0.0477. The highest BCUT2D eigenvalue weighted by Crippen LogP contribution is 2.22. The van der Waals surface area contributed by atoms with E-state index in [-0.39, 0.29) is 5.56 Å². The molecule has 29 heavy (non-hydrogen) atoms. The first kappa shape index (κ1) is 18.9. The Balaban J connectivity index is 1.65. The Morgan fingerprint density at radius 2 is 1.90 bits per heavy atom. The Kier molecular flexibility index (Phi) is 5.12. The number of benzene rings is 2. The van der Waals surface area contributed by atoms with E-state index < -0.39 is 0 Å². The van der Waals surface area contributed by atoms with Gasteiger partial charge >= 0.3 is 0 Å². The zero-order valence-corrected chi connectivity index (χ0v) is 16.7. The van der Waals surface area contributed by atoms with Gasteiger partial charge < -0.3 is 13.8 Å². The number of rotatable bonds is 6. The molecule has 0 bridgehead atoms. The second kappa shape index (κ2) is 7.87. The molecule has 148 valence electrons. The van der Waals surface area contributed by atoms with E-state index in [0.717, 1.165) is 34.3 Å². The highest BCUT2D eigenvalue weighted by atomic mass is 16.5. The van der Waals surface area contributed by atoms with Crippen molar-refractivity contribution in [1.29, 1.82) is 0 Å². The van der Waals surface area contributed by atoms with E-state index in [0.29, 0.717) is 30.4 Å². The van der Waals surface area contributed by atoms with Crippen molar-refractivity contribution in [2.75, 3.05) is 7.11 Å². The molecule has 0 unspecified atom stereocenters. The lowest BCUT2D eigenvalue weighted by Crippen LogP contribution is -2.24. The first-order valence-corrected chi connectivity index (χ1v) is 9.56. The molecule has 2 aromatic heterocycles. The van der Waals surface area contributed by atoms with Crippen molar-refractivity contribution in [2.45, 2.75) is 33.2 Å². The number of nitrogens with zero attached hydrogens (tertiary/aromatic N) is 4. The van der Waals surface area contributed by atoms with Crippen LogP contribution in [0.2, 0.25) is 0 Å². The van der Waals surface area contributed by atoms with Gasteiger partial charge in [0.25, 0.3) is 5.56 Å². The van der Waals surface area contributed by atoms with Crippen LogP contribution in [-0.2, 0) is 13.0 Å². The molecule has 0 saturated carbocycles. The maximum absolute atomic E-state index is 12.4. The summed E-state index contributed by atoms with van der Waals surface area (Å²) < 4.78 is 12.4. The number of aromatic nitrogens is 4. The summed E-state index contributed by atoms with van der Waals surface area (Å²) in [7, 11) is 1.64. The number of aryl methyl sites for hydroxylation is 2.